The molecule has 0 radical (unpaired) electrons. The van der Waals surface area contributed by atoms with E-state index in [4.69, 9.17) is 0 Å². The Balaban J connectivity index is -0.000000175. The summed E-state index contributed by atoms with van der Waals surface area (Å²) < 4.78 is 0. The van der Waals surface area contributed by atoms with Gasteiger partial charge in [-0.15, -0.1) is 0 Å². The van der Waals surface area contributed by atoms with Crippen molar-refractivity contribution in [2.24, 2.45) is 5.92 Å². The van der Waals surface area contributed by atoms with Crippen LogP contribution in [0.2, 0.25) is 0 Å². The standard InChI is InChI=1S/C7H17N.2C2H6/c1-4-5-8-6-7(2)3;2*1-2/h7-8H,4-6H2,1-3H3;2*1-2H3. The van der Waals surface area contributed by atoms with Crippen LogP contribution in [0.25, 0.3) is 0 Å². The second-order valence-electron chi connectivity index (χ2n) is 2.60. The van der Waals surface area contributed by atoms with Gasteiger partial charge in [-0.1, -0.05) is 48.5 Å². The SMILES string of the molecule is CC.CC.CCCNCC(C)C. The summed E-state index contributed by atoms with van der Waals surface area (Å²) in [4.78, 5) is 0. The number of hydrogen-bond acceptors (Lipinski definition) is 1. The van der Waals surface area contributed by atoms with Crippen LogP contribution in [-0.4, -0.2) is 13.1 Å². The van der Waals surface area contributed by atoms with E-state index in [-0.39, 0.29) is 0 Å². The summed E-state index contributed by atoms with van der Waals surface area (Å²) in [6, 6.07) is 0. The molecule has 0 fully saturated rings. The molecule has 0 bridgehead atoms. The average Bonchev–Trinajstić information content (AvgIpc) is 2.12. The van der Waals surface area contributed by atoms with Crippen LogP contribution in [0.5, 0.6) is 0 Å². The monoisotopic (exact) mass is 175 g/mol. The van der Waals surface area contributed by atoms with Crippen molar-refractivity contribution in [2.75, 3.05) is 13.1 Å². The fourth-order valence-electron chi connectivity index (χ4n) is 0.568. The average molecular weight is 175 g/mol. The van der Waals surface area contributed by atoms with Gasteiger partial charge in [0.2, 0.25) is 0 Å². The first-order valence-corrected chi connectivity index (χ1v) is 5.48. The molecule has 0 atom stereocenters. The topological polar surface area (TPSA) is 12.0 Å². The lowest BCUT2D eigenvalue weighted by Gasteiger charge is -2.03. The van der Waals surface area contributed by atoms with Gasteiger partial charge in [0, 0.05) is 0 Å². The number of rotatable bonds is 4. The van der Waals surface area contributed by atoms with Crippen LogP contribution in [0, 0.1) is 5.92 Å². The third-order valence-electron chi connectivity index (χ3n) is 0.979. The van der Waals surface area contributed by atoms with E-state index in [0.29, 0.717) is 0 Å². The minimum Gasteiger partial charge on any atom is -0.316 e. The molecule has 0 unspecified atom stereocenters. The van der Waals surface area contributed by atoms with E-state index in [0.717, 1.165) is 19.0 Å². The molecule has 0 spiro atoms. The van der Waals surface area contributed by atoms with Crippen molar-refractivity contribution < 1.29 is 0 Å². The lowest BCUT2D eigenvalue weighted by molar-refractivity contribution is 0.550. The maximum Gasteiger partial charge on any atom is -0.00258 e. The molecular weight excluding hydrogens is 146 g/mol. The van der Waals surface area contributed by atoms with Crippen LogP contribution in [0.3, 0.4) is 0 Å². The van der Waals surface area contributed by atoms with E-state index >= 15 is 0 Å². The fourth-order valence-corrected chi connectivity index (χ4v) is 0.568. The van der Waals surface area contributed by atoms with Gasteiger partial charge in [0.05, 0.1) is 0 Å². The predicted octanol–water partition coefficient (Wildman–Crippen LogP) is 3.69. The molecular formula is C11H29N. The van der Waals surface area contributed by atoms with Crippen molar-refractivity contribution in [3.05, 3.63) is 0 Å². The minimum absolute atomic E-state index is 0.793. The lowest BCUT2D eigenvalue weighted by atomic mass is 10.2. The Labute approximate surface area is 80.0 Å². The minimum atomic E-state index is 0.793. The number of nitrogens with one attached hydrogen (secondary N) is 1. The predicted molar refractivity (Wildman–Crippen MR) is 60.7 cm³/mol. The Kier molecular flexibility index (Phi) is 33.5. The highest BCUT2D eigenvalue weighted by molar-refractivity contribution is 4.48. The van der Waals surface area contributed by atoms with Gasteiger partial charge in [0.25, 0.3) is 0 Å². The first-order chi connectivity index (χ1) is 5.77. The van der Waals surface area contributed by atoms with E-state index in [1.165, 1.54) is 6.42 Å². The van der Waals surface area contributed by atoms with Crippen molar-refractivity contribution in [1.82, 2.24) is 5.32 Å². The summed E-state index contributed by atoms with van der Waals surface area (Å²) >= 11 is 0. The van der Waals surface area contributed by atoms with Gasteiger partial charge in [-0.05, 0) is 25.4 Å². The van der Waals surface area contributed by atoms with Gasteiger partial charge in [-0.2, -0.15) is 0 Å². The van der Waals surface area contributed by atoms with Crippen molar-refractivity contribution in [3.63, 3.8) is 0 Å². The van der Waals surface area contributed by atoms with E-state index in [1.54, 1.807) is 0 Å². The van der Waals surface area contributed by atoms with Crippen LogP contribution in [0.15, 0.2) is 0 Å². The molecule has 0 heterocycles. The smallest absolute Gasteiger partial charge is 0.00258 e. The van der Waals surface area contributed by atoms with Crippen LogP contribution in [-0.2, 0) is 0 Å². The summed E-state index contributed by atoms with van der Waals surface area (Å²) in [5.74, 6) is 0.793. The fraction of sp³-hybridized carbons (Fsp3) is 1.00. The van der Waals surface area contributed by atoms with Gasteiger partial charge in [-0.25, -0.2) is 0 Å². The Bertz CT molecular complexity index is 42.3. The molecule has 1 nitrogen and oxygen atoms in total. The van der Waals surface area contributed by atoms with Gasteiger partial charge >= 0.3 is 0 Å². The van der Waals surface area contributed by atoms with Crippen LogP contribution in [0.1, 0.15) is 54.9 Å². The molecule has 0 aliphatic heterocycles. The third-order valence-corrected chi connectivity index (χ3v) is 0.979. The number of hydrogen-bond donors (Lipinski definition) is 1. The van der Waals surface area contributed by atoms with E-state index < -0.39 is 0 Å². The van der Waals surface area contributed by atoms with Crippen molar-refractivity contribution >= 4 is 0 Å². The van der Waals surface area contributed by atoms with Gasteiger partial charge < -0.3 is 5.32 Å². The molecule has 0 aliphatic rings. The van der Waals surface area contributed by atoms with Crippen LogP contribution < -0.4 is 5.32 Å². The summed E-state index contributed by atoms with van der Waals surface area (Å²) in [7, 11) is 0. The summed E-state index contributed by atoms with van der Waals surface area (Å²) in [6.07, 6.45) is 1.24. The maximum atomic E-state index is 3.33. The Morgan fingerprint density at radius 2 is 1.42 bits per heavy atom. The molecule has 1 heteroatoms. The highest BCUT2D eigenvalue weighted by Crippen LogP contribution is 1.86. The highest BCUT2D eigenvalue weighted by Gasteiger charge is 1.88. The zero-order valence-corrected chi connectivity index (χ0v) is 10.2. The zero-order chi connectivity index (χ0) is 10.4. The zero-order valence-electron chi connectivity index (χ0n) is 10.2. The second-order valence-corrected chi connectivity index (χ2v) is 2.60. The molecule has 0 saturated carbocycles. The Hall–Kier alpha value is -0.0400. The quantitative estimate of drug-likeness (QED) is 0.643. The molecule has 0 aromatic carbocycles. The first kappa shape index (κ1) is 17.9. The largest absolute Gasteiger partial charge is 0.316 e. The van der Waals surface area contributed by atoms with Gasteiger partial charge in [0.1, 0.15) is 0 Å². The molecule has 0 aromatic heterocycles. The lowest BCUT2D eigenvalue weighted by Crippen LogP contribution is -2.19. The third kappa shape index (κ3) is 32.5. The van der Waals surface area contributed by atoms with Crippen molar-refractivity contribution in [1.29, 1.82) is 0 Å². The Morgan fingerprint density at radius 3 is 1.67 bits per heavy atom. The first-order valence-electron chi connectivity index (χ1n) is 5.48. The van der Waals surface area contributed by atoms with E-state index in [9.17, 15) is 0 Å². The molecule has 0 rings (SSSR count). The summed E-state index contributed by atoms with van der Waals surface area (Å²) in [6.45, 7) is 17.0. The molecule has 12 heavy (non-hydrogen) atoms. The summed E-state index contributed by atoms with van der Waals surface area (Å²) in [5.41, 5.74) is 0. The molecule has 1 N–H and O–H groups in total. The maximum absolute atomic E-state index is 3.33. The van der Waals surface area contributed by atoms with Gasteiger partial charge in [0.15, 0.2) is 0 Å². The normalized spacial score (nSPS) is 8.00. The molecule has 0 aliphatic carbocycles. The molecule has 78 valence electrons. The van der Waals surface area contributed by atoms with Gasteiger partial charge in [-0.3, -0.25) is 0 Å². The van der Waals surface area contributed by atoms with Crippen LogP contribution in [0.4, 0.5) is 0 Å². The molecule has 0 amide bonds. The summed E-state index contributed by atoms with van der Waals surface area (Å²) in [5, 5.41) is 3.33. The van der Waals surface area contributed by atoms with E-state index in [1.807, 2.05) is 27.7 Å². The van der Waals surface area contributed by atoms with Crippen molar-refractivity contribution in [2.45, 2.75) is 54.9 Å². The Morgan fingerprint density at radius 1 is 1.00 bits per heavy atom. The molecule has 0 aromatic rings. The van der Waals surface area contributed by atoms with E-state index in [2.05, 4.69) is 26.1 Å². The second kappa shape index (κ2) is 22.4. The van der Waals surface area contributed by atoms with Crippen LogP contribution >= 0.6 is 0 Å². The highest BCUT2D eigenvalue weighted by atomic mass is 14.8. The molecule has 0 saturated heterocycles. The van der Waals surface area contributed by atoms with Crippen molar-refractivity contribution in [3.8, 4) is 0 Å².